The van der Waals surface area contributed by atoms with E-state index in [9.17, 15) is 0 Å². The lowest BCUT2D eigenvalue weighted by Crippen LogP contribution is -2.25. The Bertz CT molecular complexity index is 110. The smallest absolute Gasteiger partial charge is 0.00383 e. The molecule has 0 heterocycles. The van der Waals surface area contributed by atoms with Gasteiger partial charge in [0.15, 0.2) is 0 Å². The number of nitrogens with one attached hydrogen (secondary N) is 1. The van der Waals surface area contributed by atoms with Crippen molar-refractivity contribution in [3.05, 3.63) is 0 Å². The van der Waals surface area contributed by atoms with Gasteiger partial charge in [-0.1, -0.05) is 40.0 Å². The first kappa shape index (κ1) is 14.0. The van der Waals surface area contributed by atoms with Gasteiger partial charge in [0.1, 0.15) is 0 Å². The van der Waals surface area contributed by atoms with E-state index in [1.807, 2.05) is 0 Å². The minimum Gasteiger partial charge on any atom is -0.317 e. The molecule has 86 valence electrons. The van der Waals surface area contributed by atoms with E-state index in [0.29, 0.717) is 6.04 Å². The first-order valence-corrected chi connectivity index (χ1v) is 6.31. The summed E-state index contributed by atoms with van der Waals surface area (Å²) in [6.45, 7) is 9.27. The standard InChI is InChI=1S/C13H29N/c1-6-8-13(9-11(3)7-2)10-12(4)14-5/h11-14H,6-10H2,1-5H3/t11?,12?,13-/m0/s1. The van der Waals surface area contributed by atoms with E-state index in [4.69, 9.17) is 0 Å². The third-order valence-corrected chi connectivity index (χ3v) is 3.31. The average Bonchev–Trinajstić information content (AvgIpc) is 2.17. The van der Waals surface area contributed by atoms with Crippen LogP contribution in [0.4, 0.5) is 0 Å². The van der Waals surface area contributed by atoms with E-state index in [2.05, 4.69) is 40.1 Å². The minimum atomic E-state index is 0.676. The monoisotopic (exact) mass is 199 g/mol. The minimum absolute atomic E-state index is 0.676. The van der Waals surface area contributed by atoms with Crippen molar-refractivity contribution in [2.24, 2.45) is 11.8 Å². The molecule has 1 heteroatoms. The molecular formula is C13H29N. The first-order chi connectivity index (χ1) is 6.63. The molecule has 0 aromatic carbocycles. The fourth-order valence-corrected chi connectivity index (χ4v) is 2.09. The molecule has 0 saturated heterocycles. The Morgan fingerprint density at radius 2 is 1.71 bits per heavy atom. The third kappa shape index (κ3) is 6.42. The van der Waals surface area contributed by atoms with E-state index in [1.165, 1.54) is 32.1 Å². The molecule has 0 rings (SSSR count). The fraction of sp³-hybridized carbons (Fsp3) is 1.00. The van der Waals surface area contributed by atoms with Crippen LogP contribution in [0.15, 0.2) is 0 Å². The lowest BCUT2D eigenvalue weighted by atomic mass is 9.86. The Balaban J connectivity index is 3.88. The van der Waals surface area contributed by atoms with E-state index < -0.39 is 0 Å². The molecule has 0 aliphatic carbocycles. The van der Waals surface area contributed by atoms with Crippen LogP contribution < -0.4 is 5.32 Å². The average molecular weight is 199 g/mol. The second-order valence-corrected chi connectivity index (χ2v) is 4.83. The van der Waals surface area contributed by atoms with Crippen molar-refractivity contribution in [2.45, 2.75) is 65.8 Å². The summed E-state index contributed by atoms with van der Waals surface area (Å²) in [7, 11) is 2.07. The van der Waals surface area contributed by atoms with Crippen molar-refractivity contribution in [1.82, 2.24) is 5.32 Å². The zero-order valence-electron chi connectivity index (χ0n) is 10.8. The molecule has 1 nitrogen and oxygen atoms in total. The van der Waals surface area contributed by atoms with Gasteiger partial charge in [0, 0.05) is 6.04 Å². The van der Waals surface area contributed by atoms with Crippen LogP contribution in [0.2, 0.25) is 0 Å². The molecule has 0 aliphatic rings. The van der Waals surface area contributed by atoms with Gasteiger partial charge in [-0.05, 0) is 38.6 Å². The van der Waals surface area contributed by atoms with Gasteiger partial charge < -0.3 is 5.32 Å². The Kier molecular flexibility index (Phi) is 8.26. The van der Waals surface area contributed by atoms with Crippen LogP contribution in [0.3, 0.4) is 0 Å². The molecule has 0 fully saturated rings. The summed E-state index contributed by atoms with van der Waals surface area (Å²) in [6, 6.07) is 0.676. The quantitative estimate of drug-likeness (QED) is 0.626. The summed E-state index contributed by atoms with van der Waals surface area (Å²) >= 11 is 0. The highest BCUT2D eigenvalue weighted by atomic mass is 14.8. The van der Waals surface area contributed by atoms with Crippen molar-refractivity contribution in [3.63, 3.8) is 0 Å². The predicted octanol–water partition coefficient (Wildman–Crippen LogP) is 3.84. The second kappa shape index (κ2) is 8.28. The van der Waals surface area contributed by atoms with Crippen LogP contribution in [-0.2, 0) is 0 Å². The first-order valence-electron chi connectivity index (χ1n) is 6.31. The highest BCUT2D eigenvalue weighted by molar-refractivity contribution is 4.68. The summed E-state index contributed by atoms with van der Waals surface area (Å²) in [5, 5.41) is 3.35. The van der Waals surface area contributed by atoms with Gasteiger partial charge in [0.05, 0.1) is 0 Å². The lowest BCUT2D eigenvalue weighted by molar-refractivity contribution is 0.314. The Morgan fingerprint density at radius 3 is 2.14 bits per heavy atom. The maximum Gasteiger partial charge on any atom is 0.00383 e. The third-order valence-electron chi connectivity index (χ3n) is 3.31. The summed E-state index contributed by atoms with van der Waals surface area (Å²) in [6.07, 6.45) is 6.81. The Labute approximate surface area is 90.7 Å². The second-order valence-electron chi connectivity index (χ2n) is 4.83. The van der Waals surface area contributed by atoms with Crippen molar-refractivity contribution in [3.8, 4) is 0 Å². The molecule has 0 radical (unpaired) electrons. The summed E-state index contributed by atoms with van der Waals surface area (Å²) < 4.78 is 0. The summed E-state index contributed by atoms with van der Waals surface area (Å²) in [5.41, 5.74) is 0. The largest absolute Gasteiger partial charge is 0.317 e. The normalized spacial score (nSPS) is 17.8. The van der Waals surface area contributed by atoms with E-state index >= 15 is 0 Å². The molecule has 0 aromatic heterocycles. The van der Waals surface area contributed by atoms with Gasteiger partial charge in [-0.3, -0.25) is 0 Å². The topological polar surface area (TPSA) is 12.0 Å². The van der Waals surface area contributed by atoms with Crippen molar-refractivity contribution >= 4 is 0 Å². The van der Waals surface area contributed by atoms with Gasteiger partial charge in [0.25, 0.3) is 0 Å². The Hall–Kier alpha value is -0.0400. The number of hydrogen-bond donors (Lipinski definition) is 1. The molecule has 1 N–H and O–H groups in total. The van der Waals surface area contributed by atoms with E-state index in [0.717, 1.165) is 11.8 Å². The van der Waals surface area contributed by atoms with Gasteiger partial charge in [0.2, 0.25) is 0 Å². The van der Waals surface area contributed by atoms with Crippen LogP contribution in [0.25, 0.3) is 0 Å². The number of rotatable bonds is 8. The SMILES string of the molecule is CCC[C@@H](CC(C)CC)CC(C)NC. The van der Waals surface area contributed by atoms with Crippen molar-refractivity contribution in [2.75, 3.05) is 7.05 Å². The summed E-state index contributed by atoms with van der Waals surface area (Å²) in [5.74, 6) is 1.83. The Morgan fingerprint density at radius 1 is 1.07 bits per heavy atom. The van der Waals surface area contributed by atoms with Crippen LogP contribution in [0.1, 0.15) is 59.8 Å². The molecule has 0 amide bonds. The molecule has 0 aromatic rings. The van der Waals surface area contributed by atoms with Gasteiger partial charge in [-0.15, -0.1) is 0 Å². The van der Waals surface area contributed by atoms with Crippen LogP contribution in [0.5, 0.6) is 0 Å². The molecule has 0 spiro atoms. The zero-order chi connectivity index (χ0) is 11.0. The van der Waals surface area contributed by atoms with E-state index in [1.54, 1.807) is 0 Å². The van der Waals surface area contributed by atoms with Crippen molar-refractivity contribution < 1.29 is 0 Å². The maximum absolute atomic E-state index is 3.35. The van der Waals surface area contributed by atoms with E-state index in [-0.39, 0.29) is 0 Å². The van der Waals surface area contributed by atoms with Crippen LogP contribution in [-0.4, -0.2) is 13.1 Å². The molecule has 0 aliphatic heterocycles. The van der Waals surface area contributed by atoms with Crippen molar-refractivity contribution in [1.29, 1.82) is 0 Å². The highest BCUT2D eigenvalue weighted by Crippen LogP contribution is 2.23. The van der Waals surface area contributed by atoms with Crippen LogP contribution >= 0.6 is 0 Å². The van der Waals surface area contributed by atoms with Gasteiger partial charge in [-0.2, -0.15) is 0 Å². The van der Waals surface area contributed by atoms with Gasteiger partial charge in [-0.25, -0.2) is 0 Å². The van der Waals surface area contributed by atoms with Gasteiger partial charge >= 0.3 is 0 Å². The molecule has 3 atom stereocenters. The van der Waals surface area contributed by atoms with Crippen LogP contribution in [0, 0.1) is 11.8 Å². The summed E-state index contributed by atoms with van der Waals surface area (Å²) in [4.78, 5) is 0. The molecule has 14 heavy (non-hydrogen) atoms. The maximum atomic E-state index is 3.35. The molecular weight excluding hydrogens is 170 g/mol. The number of hydrogen-bond acceptors (Lipinski definition) is 1. The predicted molar refractivity (Wildman–Crippen MR) is 65.6 cm³/mol. The lowest BCUT2D eigenvalue weighted by Gasteiger charge is -2.23. The molecule has 2 unspecified atom stereocenters. The molecule has 0 saturated carbocycles. The highest BCUT2D eigenvalue weighted by Gasteiger charge is 2.14. The molecule has 0 bridgehead atoms. The fourth-order valence-electron chi connectivity index (χ4n) is 2.09. The zero-order valence-corrected chi connectivity index (χ0v) is 10.8.